The number of nitrogens with zero attached hydrogens (tertiary/aromatic N) is 2. The van der Waals surface area contributed by atoms with Crippen LogP contribution in [0.4, 0.5) is 0 Å². The van der Waals surface area contributed by atoms with Crippen molar-refractivity contribution in [3.8, 4) is 22.6 Å². The van der Waals surface area contributed by atoms with Crippen molar-refractivity contribution in [3.63, 3.8) is 0 Å². The van der Waals surface area contributed by atoms with Gasteiger partial charge in [-0.15, -0.1) is 0 Å². The summed E-state index contributed by atoms with van der Waals surface area (Å²) in [5.41, 5.74) is 0.811. The molecule has 0 aromatic heterocycles. The van der Waals surface area contributed by atoms with Crippen LogP contribution in [0.2, 0.25) is 0 Å². The van der Waals surface area contributed by atoms with Crippen molar-refractivity contribution in [2.24, 2.45) is 0 Å². The van der Waals surface area contributed by atoms with Crippen LogP contribution in [0.1, 0.15) is 128 Å². The molecule has 0 aliphatic carbocycles. The van der Waals surface area contributed by atoms with Gasteiger partial charge >= 0.3 is 0 Å². The Kier molecular flexibility index (Phi) is 23.1. The summed E-state index contributed by atoms with van der Waals surface area (Å²) < 4.78 is 0. The van der Waals surface area contributed by atoms with E-state index in [-0.39, 0.29) is 53.5 Å². The second kappa shape index (κ2) is 28.1. The molecule has 1 aliphatic heterocycles. The number of phenolic OH excluding ortho intramolecular Hbond substituents is 2. The average molecular weight is 922 g/mol. The van der Waals surface area contributed by atoms with Crippen molar-refractivity contribution in [2.45, 2.75) is 147 Å². The number of carbonyl (C=O) groups excluding carboxylic acids is 8. The fourth-order valence-corrected chi connectivity index (χ4v) is 7.77. The number of hydrogen-bond donors (Lipinski definition) is 8. The largest absolute Gasteiger partial charge is 0.507 e. The van der Waals surface area contributed by atoms with Crippen LogP contribution in [0.3, 0.4) is 0 Å². The third-order valence-electron chi connectivity index (χ3n) is 11.9. The molecule has 0 radical (unpaired) electrons. The maximum absolute atomic E-state index is 14.0. The number of unbranched alkanes of at least 4 members (excludes halogenated alkanes) is 12. The number of rotatable bonds is 25. The number of amides is 7. The number of nitrogens with one attached hydrogen (secondary N) is 5. The average Bonchev–Trinajstić information content (AvgIpc) is 3.29. The number of phenols is 2. The number of aliphatic hydroxyl groups is 1. The van der Waals surface area contributed by atoms with Gasteiger partial charge in [-0.25, -0.2) is 0 Å². The van der Waals surface area contributed by atoms with Crippen molar-refractivity contribution in [2.75, 3.05) is 33.8 Å². The molecule has 2 aromatic carbocycles. The van der Waals surface area contributed by atoms with E-state index in [0.717, 1.165) is 24.2 Å². The van der Waals surface area contributed by atoms with Crippen LogP contribution in [0.25, 0.3) is 11.1 Å². The van der Waals surface area contributed by atoms with E-state index in [1.165, 1.54) is 127 Å². The molecule has 18 heteroatoms. The lowest BCUT2D eigenvalue weighted by Crippen LogP contribution is -2.56. The van der Waals surface area contributed by atoms with E-state index < -0.39 is 78.8 Å². The molecule has 364 valence electrons. The highest BCUT2D eigenvalue weighted by Crippen LogP contribution is 2.38. The molecule has 8 N–H and O–H groups in total. The number of aromatic hydroxyl groups is 2. The third-order valence-corrected chi connectivity index (χ3v) is 11.9. The van der Waals surface area contributed by atoms with Crippen molar-refractivity contribution >= 4 is 47.6 Å². The van der Waals surface area contributed by atoms with E-state index in [1.807, 2.05) is 0 Å². The molecule has 0 saturated carbocycles. The van der Waals surface area contributed by atoms with Gasteiger partial charge in [-0.3, -0.25) is 33.6 Å². The van der Waals surface area contributed by atoms with Gasteiger partial charge < -0.3 is 56.5 Å². The Morgan fingerprint density at radius 1 is 0.773 bits per heavy atom. The summed E-state index contributed by atoms with van der Waals surface area (Å²) >= 11 is 0. The second-order valence-electron chi connectivity index (χ2n) is 17.1. The maximum Gasteiger partial charge on any atom is 0.248 e. The van der Waals surface area contributed by atoms with Gasteiger partial charge in [0.15, 0.2) is 0 Å². The minimum Gasteiger partial charge on any atom is -0.507 e. The molecule has 2 aromatic rings. The molecule has 0 spiro atoms. The zero-order valence-electron chi connectivity index (χ0n) is 39.2. The van der Waals surface area contributed by atoms with Crippen molar-refractivity contribution in [1.29, 1.82) is 0 Å². The summed E-state index contributed by atoms with van der Waals surface area (Å²) in [5, 5.41) is 44.3. The van der Waals surface area contributed by atoms with Crippen LogP contribution >= 0.6 is 0 Å². The Morgan fingerprint density at radius 3 is 1.94 bits per heavy atom. The van der Waals surface area contributed by atoms with Crippen LogP contribution in [0.15, 0.2) is 36.4 Å². The van der Waals surface area contributed by atoms with E-state index in [2.05, 4.69) is 33.5 Å². The number of aliphatic hydroxyl groups excluding tert-OH is 1. The topological polar surface area (TPSA) is 264 Å². The van der Waals surface area contributed by atoms with Gasteiger partial charge in [0.05, 0.1) is 19.7 Å². The van der Waals surface area contributed by atoms with Gasteiger partial charge in [-0.2, -0.15) is 0 Å². The Morgan fingerprint density at radius 2 is 1.35 bits per heavy atom. The quantitative estimate of drug-likeness (QED) is 0.0530. The summed E-state index contributed by atoms with van der Waals surface area (Å²) in [7, 11) is 2.70. The highest BCUT2D eigenvalue weighted by molar-refractivity contribution is 5.97. The van der Waals surface area contributed by atoms with Crippen LogP contribution in [0, 0.1) is 0 Å². The normalized spacial score (nSPS) is 16.9. The lowest BCUT2D eigenvalue weighted by Gasteiger charge is -2.30. The molecule has 4 bridgehead atoms. The molecule has 5 atom stereocenters. The Bertz CT molecular complexity index is 1980. The van der Waals surface area contributed by atoms with Crippen molar-refractivity contribution in [3.05, 3.63) is 47.5 Å². The molecule has 0 unspecified atom stereocenters. The van der Waals surface area contributed by atoms with Crippen LogP contribution in [-0.2, 0) is 44.8 Å². The SMILES string of the molecule is CCCCCCCCCCCCCCCC(=O)N(C)[C@H](CO)C(=O)N[C@H](C)C(=O)NCC(=O)N(C)[C@@H]1C(=O)N[C@@H](C)C(=O)N[C@H](C(=O)NCC=O)Cc2ccc(O)c(c2)-c2cc1ccc2O. The highest BCUT2D eigenvalue weighted by Gasteiger charge is 2.34. The lowest BCUT2D eigenvalue weighted by atomic mass is 9.93. The first-order chi connectivity index (χ1) is 31.5. The van der Waals surface area contributed by atoms with Crippen LogP contribution in [-0.4, -0.2) is 131 Å². The standard InChI is InChI=1S/C48H71N7O11/c1-6-7-8-9-10-11-12-13-14-15-16-17-18-19-41(60)54(4)38(30-57)47(65)51-31(2)44(62)50-29-42(61)55(5)43-34-21-23-40(59)36(28-34)35-26-33(20-22-39(35)58)27-37(46(64)49-24-25-56)53-45(63)32(3)52-48(43)66/h20-23,25-26,28,31-32,37-38,43,57-59H,6-19,24,27,29-30H2,1-5H3,(H,49,64)(H,50,62)(H,51,65)(H,52,66)(H,53,63)/t31-,32+,37+,38-,43+/m1/s1. The molecule has 3 rings (SSSR count). The fraction of sp³-hybridized carbons (Fsp3) is 0.583. The van der Waals surface area contributed by atoms with Crippen LogP contribution in [0.5, 0.6) is 11.5 Å². The van der Waals surface area contributed by atoms with Gasteiger partial charge in [-0.05, 0) is 55.7 Å². The summed E-state index contributed by atoms with van der Waals surface area (Å²) in [6, 6.07) is 1.98. The van der Waals surface area contributed by atoms with E-state index in [9.17, 15) is 53.7 Å². The number of aldehydes is 1. The Hall–Kier alpha value is -6.04. The summed E-state index contributed by atoms with van der Waals surface area (Å²) in [6.07, 6.45) is 15.7. The van der Waals surface area contributed by atoms with Gasteiger partial charge in [0.1, 0.15) is 48.0 Å². The van der Waals surface area contributed by atoms with E-state index >= 15 is 0 Å². The molecular weight excluding hydrogens is 851 g/mol. The summed E-state index contributed by atoms with van der Waals surface area (Å²) in [6.45, 7) is 3.29. The maximum atomic E-state index is 14.0. The zero-order chi connectivity index (χ0) is 48.8. The van der Waals surface area contributed by atoms with Gasteiger partial charge in [-0.1, -0.05) is 96.1 Å². The minimum absolute atomic E-state index is 0.0765. The third kappa shape index (κ3) is 16.7. The predicted octanol–water partition coefficient (Wildman–Crippen LogP) is 3.05. The molecule has 66 heavy (non-hydrogen) atoms. The summed E-state index contributed by atoms with van der Waals surface area (Å²) in [4.78, 5) is 107. The molecule has 0 saturated heterocycles. The van der Waals surface area contributed by atoms with Crippen molar-refractivity contribution in [1.82, 2.24) is 36.4 Å². The highest BCUT2D eigenvalue weighted by atomic mass is 16.3. The lowest BCUT2D eigenvalue weighted by molar-refractivity contribution is -0.142. The first-order valence-corrected chi connectivity index (χ1v) is 23.2. The molecule has 0 fully saturated rings. The van der Waals surface area contributed by atoms with E-state index in [1.54, 1.807) is 0 Å². The number of fused-ring (bicyclic) bond motifs is 5. The molecule has 18 nitrogen and oxygen atoms in total. The predicted molar refractivity (Wildman–Crippen MR) is 248 cm³/mol. The number of hydrogen-bond acceptors (Lipinski definition) is 11. The second-order valence-corrected chi connectivity index (χ2v) is 17.1. The first kappa shape index (κ1) is 54.3. The van der Waals surface area contributed by atoms with Gasteiger partial charge in [0.2, 0.25) is 41.4 Å². The smallest absolute Gasteiger partial charge is 0.248 e. The first-order valence-electron chi connectivity index (χ1n) is 23.2. The van der Waals surface area contributed by atoms with Crippen molar-refractivity contribution < 1.29 is 53.7 Å². The molecule has 1 aliphatic rings. The van der Waals surface area contributed by atoms with E-state index in [4.69, 9.17) is 0 Å². The fourth-order valence-electron chi connectivity index (χ4n) is 7.77. The Balaban J connectivity index is 1.63. The molecular formula is C48H71N7O11. The number of likely N-dealkylation sites (N-methyl/N-ethyl adjacent to an activating group) is 2. The minimum atomic E-state index is -1.47. The molecule has 7 amide bonds. The number of benzene rings is 2. The zero-order valence-corrected chi connectivity index (χ0v) is 39.2. The van der Waals surface area contributed by atoms with Crippen LogP contribution < -0.4 is 26.6 Å². The monoisotopic (exact) mass is 922 g/mol. The Labute approximate surface area is 388 Å². The van der Waals surface area contributed by atoms with Gasteiger partial charge in [0.25, 0.3) is 0 Å². The molecule has 1 heterocycles. The van der Waals surface area contributed by atoms with E-state index in [0.29, 0.717) is 18.3 Å². The number of carbonyl (C=O) groups is 8. The summed E-state index contributed by atoms with van der Waals surface area (Å²) in [5.74, 6) is -5.50. The van der Waals surface area contributed by atoms with Gasteiger partial charge in [0, 0.05) is 38.1 Å².